The van der Waals surface area contributed by atoms with Crippen LogP contribution in [0.4, 0.5) is 10.2 Å². The Hall–Kier alpha value is -2.53. The van der Waals surface area contributed by atoms with Crippen molar-refractivity contribution in [2.24, 2.45) is 0 Å². The van der Waals surface area contributed by atoms with Crippen LogP contribution in [0.15, 0.2) is 36.3 Å². The molecule has 0 aliphatic carbocycles. The van der Waals surface area contributed by atoms with Crippen molar-refractivity contribution in [2.45, 2.75) is 58.5 Å². The van der Waals surface area contributed by atoms with Crippen molar-refractivity contribution in [3.05, 3.63) is 64.4 Å². The van der Waals surface area contributed by atoms with E-state index in [0.717, 1.165) is 54.9 Å². The molecule has 0 bridgehead atoms. The zero-order chi connectivity index (χ0) is 20.6. The minimum Gasteiger partial charge on any atom is -0.389 e. The van der Waals surface area contributed by atoms with Gasteiger partial charge in [-0.1, -0.05) is 24.6 Å². The molecule has 29 heavy (non-hydrogen) atoms. The van der Waals surface area contributed by atoms with Crippen LogP contribution in [-0.2, 0) is 12.8 Å². The zero-order valence-electron chi connectivity index (χ0n) is 17.3. The molecule has 4 nitrogen and oxygen atoms in total. The van der Waals surface area contributed by atoms with Gasteiger partial charge in [-0.25, -0.2) is 9.37 Å². The van der Waals surface area contributed by atoms with Crippen LogP contribution in [0.3, 0.4) is 0 Å². The van der Waals surface area contributed by atoms with Crippen molar-refractivity contribution in [1.82, 2.24) is 9.97 Å². The molecule has 3 rings (SSSR count). The normalized spacial score (nSPS) is 15.2. The van der Waals surface area contributed by atoms with E-state index in [9.17, 15) is 9.50 Å². The number of aromatic nitrogens is 2. The number of fused-ring (bicyclic) bond motifs is 1. The maximum Gasteiger partial charge on any atom is 0.129 e. The number of halogens is 1. The van der Waals surface area contributed by atoms with E-state index >= 15 is 0 Å². The molecule has 0 saturated carbocycles. The fraction of sp³-hybridized carbons (Fsp3) is 0.417. The number of aliphatic hydroxyl groups is 1. The number of anilines is 1. The van der Waals surface area contributed by atoms with Crippen molar-refractivity contribution >= 4 is 18.0 Å². The molecule has 0 fully saturated rings. The smallest absolute Gasteiger partial charge is 0.129 e. The lowest BCUT2D eigenvalue weighted by Crippen LogP contribution is -2.14. The summed E-state index contributed by atoms with van der Waals surface area (Å²) in [6.07, 6.45) is 12.2. The van der Waals surface area contributed by atoms with E-state index in [0.29, 0.717) is 12.1 Å². The van der Waals surface area contributed by atoms with Gasteiger partial charge in [0.15, 0.2) is 0 Å². The third-order valence-corrected chi connectivity index (χ3v) is 5.12. The average molecular weight is 396 g/mol. The lowest BCUT2D eigenvalue weighted by atomic mass is 10.0. The van der Waals surface area contributed by atoms with Crippen LogP contribution in [0.25, 0.3) is 12.2 Å². The Kier molecular flexibility index (Phi) is 7.53. The molecule has 5 heteroatoms. The van der Waals surface area contributed by atoms with E-state index in [1.54, 1.807) is 12.3 Å². The number of aryl methyl sites for hydroxylation is 3. The number of nitrogens with one attached hydrogen (secondary N) is 1. The SMILES string of the molecule is C/C(F)=C\c1ncc(/C=C/C(O)CCCCc2ccc3c(n2)NCCC3)cc1C. The van der Waals surface area contributed by atoms with E-state index in [1.807, 2.05) is 19.1 Å². The lowest BCUT2D eigenvalue weighted by Gasteiger charge is -2.17. The predicted octanol–water partition coefficient (Wildman–Crippen LogP) is 5.26. The van der Waals surface area contributed by atoms with Gasteiger partial charge in [0.05, 0.1) is 17.6 Å². The molecular formula is C24H30FN3O. The van der Waals surface area contributed by atoms with Gasteiger partial charge in [0.1, 0.15) is 5.82 Å². The molecule has 0 spiro atoms. The summed E-state index contributed by atoms with van der Waals surface area (Å²) < 4.78 is 13.0. The summed E-state index contributed by atoms with van der Waals surface area (Å²) in [5.74, 6) is 0.782. The standard InChI is InChI=1S/C24H30FN3O/c1-17-14-19(16-27-23(17)15-18(2)25)9-12-22(29)8-4-3-7-21-11-10-20-6-5-13-26-24(20)28-21/h9-12,14-16,22,29H,3-8,13H2,1-2H3,(H,26,28)/b12-9+,18-15+. The van der Waals surface area contributed by atoms with E-state index in [1.165, 1.54) is 25.0 Å². The zero-order valence-corrected chi connectivity index (χ0v) is 17.3. The molecule has 1 aliphatic heterocycles. The fourth-order valence-electron chi connectivity index (χ4n) is 3.52. The van der Waals surface area contributed by atoms with Crippen molar-refractivity contribution in [2.75, 3.05) is 11.9 Å². The van der Waals surface area contributed by atoms with Gasteiger partial charge in [-0.15, -0.1) is 0 Å². The minimum atomic E-state index is -0.485. The highest BCUT2D eigenvalue weighted by atomic mass is 19.1. The molecule has 2 N–H and O–H groups in total. The molecule has 0 radical (unpaired) electrons. The molecule has 3 heterocycles. The van der Waals surface area contributed by atoms with Crippen molar-refractivity contribution in [3.63, 3.8) is 0 Å². The van der Waals surface area contributed by atoms with Crippen LogP contribution >= 0.6 is 0 Å². The van der Waals surface area contributed by atoms with Crippen LogP contribution in [0.5, 0.6) is 0 Å². The first-order valence-electron chi connectivity index (χ1n) is 10.4. The molecule has 154 valence electrons. The maximum atomic E-state index is 13.0. The monoisotopic (exact) mass is 395 g/mol. The van der Waals surface area contributed by atoms with Crippen LogP contribution in [0.1, 0.15) is 60.7 Å². The number of hydrogen-bond donors (Lipinski definition) is 2. The second-order valence-corrected chi connectivity index (χ2v) is 7.71. The van der Waals surface area contributed by atoms with Crippen LogP contribution in [-0.4, -0.2) is 27.7 Å². The molecule has 0 saturated heterocycles. The van der Waals surface area contributed by atoms with E-state index in [4.69, 9.17) is 4.98 Å². The van der Waals surface area contributed by atoms with Crippen LogP contribution in [0, 0.1) is 6.92 Å². The average Bonchev–Trinajstić information content (AvgIpc) is 2.71. The van der Waals surface area contributed by atoms with Crippen LogP contribution in [0.2, 0.25) is 0 Å². The highest BCUT2D eigenvalue weighted by Gasteiger charge is 2.10. The number of unbranched alkanes of at least 4 members (excludes halogenated alkanes) is 1. The summed E-state index contributed by atoms with van der Waals surface area (Å²) >= 11 is 0. The number of nitrogens with zero attached hydrogens (tertiary/aromatic N) is 2. The van der Waals surface area contributed by atoms with E-state index in [2.05, 4.69) is 22.4 Å². The Labute approximate surface area is 172 Å². The first kappa shape index (κ1) is 21.2. The Balaban J connectivity index is 1.43. The van der Waals surface area contributed by atoms with Gasteiger partial charge in [-0.2, -0.15) is 0 Å². The number of allylic oxidation sites excluding steroid dienone is 1. The third kappa shape index (κ3) is 6.50. The second-order valence-electron chi connectivity index (χ2n) is 7.71. The largest absolute Gasteiger partial charge is 0.389 e. The van der Waals surface area contributed by atoms with Gasteiger partial charge in [-0.3, -0.25) is 4.98 Å². The first-order valence-corrected chi connectivity index (χ1v) is 10.4. The Morgan fingerprint density at radius 1 is 1.34 bits per heavy atom. The summed E-state index contributed by atoms with van der Waals surface area (Å²) in [4.78, 5) is 8.99. The summed E-state index contributed by atoms with van der Waals surface area (Å²) in [5, 5.41) is 13.6. The molecule has 2 aromatic rings. The Bertz CT molecular complexity index is 888. The van der Waals surface area contributed by atoms with Crippen LogP contribution < -0.4 is 5.32 Å². The molecule has 1 unspecified atom stereocenters. The van der Waals surface area contributed by atoms with Crippen molar-refractivity contribution in [3.8, 4) is 0 Å². The predicted molar refractivity (Wildman–Crippen MR) is 117 cm³/mol. The Morgan fingerprint density at radius 2 is 2.21 bits per heavy atom. The second kappa shape index (κ2) is 10.3. The summed E-state index contributed by atoms with van der Waals surface area (Å²) in [7, 11) is 0. The van der Waals surface area contributed by atoms with Gasteiger partial charge in [0.25, 0.3) is 0 Å². The summed E-state index contributed by atoms with van der Waals surface area (Å²) in [6.45, 7) is 4.32. The molecule has 1 atom stereocenters. The Morgan fingerprint density at radius 3 is 3.00 bits per heavy atom. The number of hydrogen-bond acceptors (Lipinski definition) is 4. The molecule has 0 amide bonds. The summed E-state index contributed by atoms with van der Waals surface area (Å²) in [5.41, 5.74) is 4.87. The number of pyridine rings is 2. The molecular weight excluding hydrogens is 365 g/mol. The van der Waals surface area contributed by atoms with Gasteiger partial charge in [0.2, 0.25) is 0 Å². The number of aliphatic hydroxyl groups excluding tert-OH is 1. The molecule has 1 aliphatic rings. The molecule has 0 aromatic carbocycles. The number of rotatable bonds is 8. The fourth-order valence-corrected chi connectivity index (χ4v) is 3.52. The highest BCUT2D eigenvalue weighted by molar-refractivity contribution is 5.56. The van der Waals surface area contributed by atoms with Crippen molar-refractivity contribution in [1.29, 1.82) is 0 Å². The van der Waals surface area contributed by atoms with Gasteiger partial charge >= 0.3 is 0 Å². The van der Waals surface area contributed by atoms with Gasteiger partial charge in [-0.05, 0) is 80.9 Å². The maximum absolute atomic E-state index is 13.0. The summed E-state index contributed by atoms with van der Waals surface area (Å²) in [6, 6.07) is 6.26. The minimum absolute atomic E-state index is 0.263. The van der Waals surface area contributed by atoms with E-state index < -0.39 is 6.10 Å². The lowest BCUT2D eigenvalue weighted by molar-refractivity contribution is 0.209. The topological polar surface area (TPSA) is 58.0 Å². The highest BCUT2D eigenvalue weighted by Crippen LogP contribution is 2.20. The van der Waals surface area contributed by atoms with Gasteiger partial charge in [0, 0.05) is 18.4 Å². The van der Waals surface area contributed by atoms with Gasteiger partial charge < -0.3 is 10.4 Å². The quantitative estimate of drug-likeness (QED) is 0.599. The molecule has 2 aromatic heterocycles. The van der Waals surface area contributed by atoms with E-state index in [-0.39, 0.29) is 5.83 Å². The first-order chi connectivity index (χ1) is 14.0. The van der Waals surface area contributed by atoms with Crippen molar-refractivity contribution < 1.29 is 9.50 Å². The third-order valence-electron chi connectivity index (χ3n) is 5.12.